The maximum absolute atomic E-state index is 11.5. The maximum atomic E-state index is 11.5. The summed E-state index contributed by atoms with van der Waals surface area (Å²) in [4.78, 5) is 20.2. The molecule has 0 saturated carbocycles. The Balaban J connectivity index is 0.00000196. The van der Waals surface area contributed by atoms with Crippen LogP contribution in [-0.2, 0) is 0 Å². The highest BCUT2D eigenvalue weighted by Gasteiger charge is 2.15. The van der Waals surface area contributed by atoms with Crippen LogP contribution in [0.2, 0.25) is 0 Å². The number of carboxylic acids is 1. The lowest BCUT2D eigenvalue weighted by atomic mass is 10.1. The molecule has 3 rings (SSSR count). The van der Waals surface area contributed by atoms with Crippen LogP contribution in [0.1, 0.15) is 36.5 Å². The molecule has 0 unspecified atom stereocenters. The van der Waals surface area contributed by atoms with Crippen LogP contribution in [-0.4, -0.2) is 46.8 Å². The zero-order valence-electron chi connectivity index (χ0n) is 15.7. The fourth-order valence-corrected chi connectivity index (χ4v) is 3.10. The normalized spacial score (nSPS) is 15.2. The summed E-state index contributed by atoms with van der Waals surface area (Å²) < 4.78 is 5.38. The number of rotatable bonds is 8. The van der Waals surface area contributed by atoms with Crippen LogP contribution in [0, 0.1) is 0 Å². The van der Waals surface area contributed by atoms with Crippen molar-refractivity contribution in [3.05, 3.63) is 36.0 Å². The minimum atomic E-state index is -1.02. The van der Waals surface area contributed by atoms with Crippen LogP contribution in [0.25, 0.3) is 11.3 Å². The molecule has 0 amide bonds. The van der Waals surface area contributed by atoms with Gasteiger partial charge in [-0.15, -0.1) is 24.8 Å². The number of benzene rings is 1. The number of ether oxygens (including phenoxy) is 1. The van der Waals surface area contributed by atoms with Crippen LogP contribution in [0.15, 0.2) is 30.5 Å². The monoisotopic (exact) mass is 428 g/mol. The van der Waals surface area contributed by atoms with Crippen molar-refractivity contribution < 1.29 is 14.6 Å². The Morgan fingerprint density at radius 2 is 2.18 bits per heavy atom. The van der Waals surface area contributed by atoms with Crippen LogP contribution in [0.4, 0.5) is 5.95 Å². The third-order valence-electron chi connectivity index (χ3n) is 4.40. The lowest BCUT2D eigenvalue weighted by Crippen LogP contribution is -2.24. The molecule has 0 aliphatic carbocycles. The van der Waals surface area contributed by atoms with Gasteiger partial charge < -0.3 is 20.5 Å². The van der Waals surface area contributed by atoms with Gasteiger partial charge in [-0.25, -0.2) is 14.8 Å². The summed E-state index contributed by atoms with van der Waals surface area (Å²) in [5, 5.41) is 16.1. The van der Waals surface area contributed by atoms with Crippen molar-refractivity contribution in [2.24, 2.45) is 0 Å². The Morgan fingerprint density at radius 1 is 1.36 bits per heavy atom. The predicted molar refractivity (Wildman–Crippen MR) is 114 cm³/mol. The molecule has 9 heteroatoms. The molecule has 1 aromatic heterocycles. The van der Waals surface area contributed by atoms with Crippen molar-refractivity contribution in [1.29, 1.82) is 0 Å². The molecule has 0 radical (unpaired) electrons. The van der Waals surface area contributed by atoms with Crippen LogP contribution in [0.3, 0.4) is 0 Å². The van der Waals surface area contributed by atoms with Crippen LogP contribution in [0.5, 0.6) is 5.75 Å². The first-order valence-corrected chi connectivity index (χ1v) is 8.98. The molecule has 1 aliphatic heterocycles. The molecule has 2 heterocycles. The molecule has 7 nitrogen and oxygen atoms in total. The summed E-state index contributed by atoms with van der Waals surface area (Å²) in [5.41, 5.74) is 1.52. The first-order valence-electron chi connectivity index (χ1n) is 8.98. The Labute approximate surface area is 177 Å². The summed E-state index contributed by atoms with van der Waals surface area (Å²) in [7, 11) is 0. The predicted octanol–water partition coefficient (Wildman–Crippen LogP) is 3.64. The van der Waals surface area contributed by atoms with E-state index in [1.807, 2.05) is 13.0 Å². The minimum Gasteiger partial charge on any atom is -0.493 e. The van der Waals surface area contributed by atoms with Gasteiger partial charge in [-0.2, -0.15) is 0 Å². The topological polar surface area (TPSA) is 96.4 Å². The Bertz CT molecular complexity index is 771. The summed E-state index contributed by atoms with van der Waals surface area (Å²) in [6, 6.07) is 7.40. The van der Waals surface area contributed by atoms with Crippen LogP contribution >= 0.6 is 24.8 Å². The zero-order valence-corrected chi connectivity index (χ0v) is 17.3. The van der Waals surface area contributed by atoms with Crippen molar-refractivity contribution in [3.8, 4) is 17.0 Å². The SMILES string of the molecule is CCOc1ccc(-c2ccnc(NCC[C@H]3CCCN3)n2)cc1C(=O)O.Cl.Cl. The van der Waals surface area contributed by atoms with Gasteiger partial charge in [-0.05, 0) is 57.0 Å². The smallest absolute Gasteiger partial charge is 0.339 e. The average Bonchev–Trinajstić information content (AvgIpc) is 3.16. The molecule has 0 bridgehead atoms. The van der Waals surface area contributed by atoms with E-state index in [1.54, 1.807) is 24.4 Å². The Morgan fingerprint density at radius 3 is 2.86 bits per heavy atom. The molecule has 1 atom stereocenters. The molecule has 154 valence electrons. The van der Waals surface area contributed by atoms with E-state index in [4.69, 9.17) is 4.74 Å². The van der Waals surface area contributed by atoms with E-state index >= 15 is 0 Å². The molecule has 1 aromatic carbocycles. The van der Waals surface area contributed by atoms with E-state index < -0.39 is 5.97 Å². The average molecular weight is 429 g/mol. The molecule has 1 aliphatic rings. The molecule has 28 heavy (non-hydrogen) atoms. The van der Waals surface area contributed by atoms with Crippen molar-refractivity contribution in [2.45, 2.75) is 32.2 Å². The standard InChI is InChI=1S/C19H24N4O3.2ClH/c1-2-26-17-6-5-13(12-15(17)18(24)25)16-8-11-22-19(23-16)21-10-7-14-4-3-9-20-14;;/h5-6,8,11-12,14,20H,2-4,7,9-10H2,1H3,(H,24,25)(H,21,22,23);2*1H/t14-;;/m1../s1. The van der Waals surface area contributed by atoms with Gasteiger partial charge in [0.1, 0.15) is 11.3 Å². The number of hydrogen-bond donors (Lipinski definition) is 3. The number of hydrogen-bond acceptors (Lipinski definition) is 6. The number of anilines is 1. The van der Waals surface area contributed by atoms with Gasteiger partial charge in [0.2, 0.25) is 5.95 Å². The lowest BCUT2D eigenvalue weighted by molar-refractivity contribution is 0.0692. The first-order chi connectivity index (χ1) is 12.7. The highest BCUT2D eigenvalue weighted by molar-refractivity contribution is 5.92. The van der Waals surface area contributed by atoms with Gasteiger partial charge in [0.05, 0.1) is 12.3 Å². The largest absolute Gasteiger partial charge is 0.493 e. The van der Waals surface area contributed by atoms with Crippen molar-refractivity contribution >= 4 is 36.7 Å². The van der Waals surface area contributed by atoms with E-state index in [2.05, 4.69) is 20.6 Å². The van der Waals surface area contributed by atoms with Gasteiger partial charge in [-0.1, -0.05) is 0 Å². The van der Waals surface area contributed by atoms with Gasteiger partial charge in [0.15, 0.2) is 0 Å². The lowest BCUT2D eigenvalue weighted by Gasteiger charge is -2.12. The molecular weight excluding hydrogens is 403 g/mol. The fraction of sp³-hybridized carbons (Fsp3) is 0.421. The zero-order chi connectivity index (χ0) is 18.4. The number of carboxylic acid groups (broad SMARTS) is 1. The summed E-state index contributed by atoms with van der Waals surface area (Å²) in [6.45, 7) is 4.13. The van der Waals surface area contributed by atoms with E-state index in [0.29, 0.717) is 35.6 Å². The number of halogens is 2. The Hall–Kier alpha value is -2.09. The number of aromatic carboxylic acids is 1. The van der Waals surface area contributed by atoms with Crippen molar-refractivity contribution in [2.75, 3.05) is 25.0 Å². The van der Waals surface area contributed by atoms with Gasteiger partial charge in [0, 0.05) is 24.3 Å². The summed E-state index contributed by atoms with van der Waals surface area (Å²) in [5.74, 6) is -0.113. The van der Waals surface area contributed by atoms with Crippen molar-refractivity contribution in [3.63, 3.8) is 0 Å². The summed E-state index contributed by atoms with van der Waals surface area (Å²) in [6.07, 6.45) is 5.15. The molecule has 3 N–H and O–H groups in total. The van der Waals surface area contributed by atoms with Gasteiger partial charge in [0.25, 0.3) is 0 Å². The molecule has 2 aromatic rings. The number of nitrogens with one attached hydrogen (secondary N) is 2. The van der Waals surface area contributed by atoms with Gasteiger partial charge >= 0.3 is 5.97 Å². The quantitative estimate of drug-likeness (QED) is 0.590. The minimum absolute atomic E-state index is 0. The first kappa shape index (κ1) is 23.9. The fourth-order valence-electron chi connectivity index (χ4n) is 3.10. The second kappa shape index (κ2) is 11.7. The Kier molecular flexibility index (Phi) is 9.99. The highest BCUT2D eigenvalue weighted by atomic mass is 35.5. The van der Waals surface area contributed by atoms with E-state index in [0.717, 1.165) is 19.5 Å². The number of nitrogens with zero attached hydrogens (tertiary/aromatic N) is 2. The van der Waals surface area contributed by atoms with Crippen molar-refractivity contribution in [1.82, 2.24) is 15.3 Å². The van der Waals surface area contributed by atoms with E-state index in [-0.39, 0.29) is 30.4 Å². The maximum Gasteiger partial charge on any atom is 0.339 e. The van der Waals surface area contributed by atoms with Gasteiger partial charge in [-0.3, -0.25) is 0 Å². The van der Waals surface area contributed by atoms with E-state index in [1.165, 1.54) is 12.8 Å². The number of aromatic nitrogens is 2. The third-order valence-corrected chi connectivity index (χ3v) is 4.40. The second-order valence-electron chi connectivity index (χ2n) is 6.22. The molecular formula is C19H26Cl2N4O3. The third kappa shape index (κ3) is 6.22. The molecule has 0 spiro atoms. The summed E-state index contributed by atoms with van der Waals surface area (Å²) >= 11 is 0. The second-order valence-corrected chi connectivity index (χ2v) is 6.22. The van der Waals surface area contributed by atoms with E-state index in [9.17, 15) is 9.90 Å². The number of carbonyl (C=O) groups is 1. The molecule has 1 fully saturated rings. The van der Waals surface area contributed by atoms with Crippen LogP contribution < -0.4 is 15.4 Å². The highest BCUT2D eigenvalue weighted by Crippen LogP contribution is 2.26. The molecule has 1 saturated heterocycles.